The molecule has 2 amide bonds. The quantitative estimate of drug-likeness (QED) is 0.735. The lowest BCUT2D eigenvalue weighted by molar-refractivity contribution is -0.116. The number of hydrogen-bond acceptors (Lipinski definition) is 4. The Kier molecular flexibility index (Phi) is 7.34. The Morgan fingerprint density at radius 1 is 1.19 bits per heavy atom. The first-order valence-electron chi connectivity index (χ1n) is 9.15. The van der Waals surface area contributed by atoms with Crippen molar-refractivity contribution in [2.45, 2.75) is 33.6 Å². The first kappa shape index (κ1) is 21.3. The van der Waals surface area contributed by atoms with Gasteiger partial charge in [0.1, 0.15) is 0 Å². The third-order valence-corrected chi connectivity index (χ3v) is 6.46. The Morgan fingerprint density at radius 3 is 2.30 bits per heavy atom. The second kappa shape index (κ2) is 9.29. The molecule has 150 valence electrons. The number of benzene rings is 1. The van der Waals surface area contributed by atoms with Crippen molar-refractivity contribution >= 4 is 33.4 Å². The summed E-state index contributed by atoms with van der Waals surface area (Å²) in [6.07, 6.45) is 1.86. The second-order valence-electron chi connectivity index (χ2n) is 6.85. The Hall–Kier alpha value is -1.97. The van der Waals surface area contributed by atoms with Crippen LogP contribution < -0.4 is 10.6 Å². The van der Waals surface area contributed by atoms with Crippen molar-refractivity contribution in [3.8, 4) is 0 Å². The lowest BCUT2D eigenvalue weighted by Gasteiger charge is -2.33. The van der Waals surface area contributed by atoms with E-state index in [-0.39, 0.29) is 19.0 Å². The topological polar surface area (TPSA) is 98.8 Å². The van der Waals surface area contributed by atoms with Crippen LogP contribution >= 0.6 is 0 Å². The zero-order valence-corrected chi connectivity index (χ0v) is 16.9. The van der Waals surface area contributed by atoms with E-state index < -0.39 is 16.1 Å². The van der Waals surface area contributed by atoms with Gasteiger partial charge in [0.2, 0.25) is 11.8 Å². The van der Waals surface area contributed by atoms with Gasteiger partial charge in [-0.3, -0.25) is 9.59 Å². The van der Waals surface area contributed by atoms with Gasteiger partial charge in [-0.15, -0.1) is 0 Å². The highest BCUT2D eigenvalue weighted by atomic mass is 32.2. The van der Waals surface area contributed by atoms with Crippen LogP contribution in [0.4, 0.5) is 11.4 Å². The molecule has 1 saturated heterocycles. The molecule has 1 aromatic carbocycles. The van der Waals surface area contributed by atoms with E-state index in [2.05, 4.69) is 10.6 Å². The van der Waals surface area contributed by atoms with Crippen molar-refractivity contribution < 1.29 is 18.0 Å². The molecule has 1 atom stereocenters. The minimum absolute atomic E-state index is 0.178. The smallest absolute Gasteiger partial charge is 0.282 e. The van der Waals surface area contributed by atoms with Crippen molar-refractivity contribution in [1.82, 2.24) is 8.61 Å². The van der Waals surface area contributed by atoms with Crippen LogP contribution in [-0.2, 0) is 19.8 Å². The highest BCUT2D eigenvalue weighted by Crippen LogP contribution is 2.20. The first-order chi connectivity index (χ1) is 12.7. The van der Waals surface area contributed by atoms with E-state index in [0.29, 0.717) is 30.4 Å². The van der Waals surface area contributed by atoms with Gasteiger partial charge >= 0.3 is 0 Å². The van der Waals surface area contributed by atoms with E-state index in [0.717, 1.165) is 12.8 Å². The monoisotopic (exact) mass is 396 g/mol. The van der Waals surface area contributed by atoms with Crippen LogP contribution in [0, 0.1) is 5.92 Å². The number of piperidine rings is 1. The molecule has 0 aliphatic carbocycles. The molecule has 0 radical (unpaired) electrons. The van der Waals surface area contributed by atoms with E-state index in [1.807, 2.05) is 6.92 Å². The van der Waals surface area contributed by atoms with Gasteiger partial charge in [-0.05, 0) is 43.0 Å². The highest BCUT2D eigenvalue weighted by molar-refractivity contribution is 7.86. The van der Waals surface area contributed by atoms with Gasteiger partial charge in [0.25, 0.3) is 10.2 Å². The molecule has 1 fully saturated rings. The van der Waals surface area contributed by atoms with Crippen LogP contribution in [0.25, 0.3) is 0 Å². The minimum atomic E-state index is -3.66. The Bertz CT molecular complexity index is 764. The maximum absolute atomic E-state index is 12.8. The normalized spacial score (nSPS) is 18.3. The largest absolute Gasteiger partial charge is 0.326 e. The van der Waals surface area contributed by atoms with Crippen LogP contribution in [-0.4, -0.2) is 55.0 Å². The second-order valence-corrected chi connectivity index (χ2v) is 8.77. The molecule has 2 rings (SSSR count). The maximum Gasteiger partial charge on any atom is 0.282 e. The summed E-state index contributed by atoms with van der Waals surface area (Å²) < 4.78 is 28.3. The van der Waals surface area contributed by atoms with Crippen LogP contribution in [0.3, 0.4) is 0 Å². The molecule has 1 aliphatic rings. The molecule has 8 nitrogen and oxygen atoms in total. The number of carbonyl (C=O) groups is 2. The third-order valence-electron chi connectivity index (χ3n) is 4.43. The zero-order chi connectivity index (χ0) is 20.0. The molecule has 0 saturated carbocycles. The molecule has 0 aromatic heterocycles. The SMILES string of the molecule is CCN(CC(=O)Nc1ccc(NC(C)=O)cc1)S(=O)(=O)N1CCCC(C)C1. The molecular weight excluding hydrogens is 368 g/mol. The van der Waals surface area contributed by atoms with Gasteiger partial charge in [0.05, 0.1) is 6.54 Å². The molecular formula is C18H28N4O4S. The molecule has 9 heteroatoms. The molecule has 1 unspecified atom stereocenters. The molecule has 27 heavy (non-hydrogen) atoms. The van der Waals surface area contributed by atoms with E-state index in [1.54, 1.807) is 31.2 Å². The molecule has 1 aromatic rings. The van der Waals surface area contributed by atoms with Gasteiger partial charge in [0.15, 0.2) is 0 Å². The highest BCUT2D eigenvalue weighted by Gasteiger charge is 2.32. The zero-order valence-electron chi connectivity index (χ0n) is 16.1. The summed E-state index contributed by atoms with van der Waals surface area (Å²) in [6, 6.07) is 6.64. The summed E-state index contributed by atoms with van der Waals surface area (Å²) in [5.41, 5.74) is 1.16. The third kappa shape index (κ3) is 6.02. The average Bonchev–Trinajstić information content (AvgIpc) is 2.60. The van der Waals surface area contributed by atoms with Crippen LogP contribution in [0.15, 0.2) is 24.3 Å². The summed E-state index contributed by atoms with van der Waals surface area (Å²) in [7, 11) is -3.66. The lowest BCUT2D eigenvalue weighted by atomic mass is 10.0. The summed E-state index contributed by atoms with van der Waals surface area (Å²) in [5.74, 6) is -0.261. The number of rotatable bonds is 7. The Labute approximate surface area is 161 Å². The van der Waals surface area contributed by atoms with Gasteiger partial charge in [0, 0.05) is 37.9 Å². The van der Waals surface area contributed by atoms with Crippen molar-refractivity contribution in [3.05, 3.63) is 24.3 Å². The fraction of sp³-hybridized carbons (Fsp3) is 0.556. The first-order valence-corrected chi connectivity index (χ1v) is 10.5. The van der Waals surface area contributed by atoms with Crippen molar-refractivity contribution in [2.24, 2.45) is 5.92 Å². The maximum atomic E-state index is 12.8. The predicted octanol–water partition coefficient (Wildman–Crippen LogP) is 1.88. The molecule has 2 N–H and O–H groups in total. The van der Waals surface area contributed by atoms with Gasteiger partial charge in [-0.25, -0.2) is 0 Å². The van der Waals surface area contributed by atoms with E-state index >= 15 is 0 Å². The van der Waals surface area contributed by atoms with Crippen LogP contribution in [0.5, 0.6) is 0 Å². The number of carbonyl (C=O) groups excluding carboxylic acids is 2. The Morgan fingerprint density at radius 2 is 1.78 bits per heavy atom. The minimum Gasteiger partial charge on any atom is -0.326 e. The lowest BCUT2D eigenvalue weighted by Crippen LogP contribution is -2.49. The predicted molar refractivity (Wildman–Crippen MR) is 106 cm³/mol. The van der Waals surface area contributed by atoms with Gasteiger partial charge < -0.3 is 10.6 Å². The van der Waals surface area contributed by atoms with E-state index in [9.17, 15) is 18.0 Å². The number of anilines is 2. The van der Waals surface area contributed by atoms with Crippen LogP contribution in [0.2, 0.25) is 0 Å². The fourth-order valence-electron chi connectivity index (χ4n) is 3.08. The number of hydrogen-bond donors (Lipinski definition) is 2. The van der Waals surface area contributed by atoms with Crippen molar-refractivity contribution in [2.75, 3.05) is 36.8 Å². The van der Waals surface area contributed by atoms with Crippen molar-refractivity contribution in [3.63, 3.8) is 0 Å². The van der Waals surface area contributed by atoms with Crippen LogP contribution in [0.1, 0.15) is 33.6 Å². The number of nitrogens with zero attached hydrogens (tertiary/aromatic N) is 2. The molecule has 0 spiro atoms. The Balaban J connectivity index is 1.98. The molecule has 1 heterocycles. The van der Waals surface area contributed by atoms with Crippen molar-refractivity contribution in [1.29, 1.82) is 0 Å². The summed E-state index contributed by atoms with van der Waals surface area (Å²) >= 11 is 0. The standard InChI is InChI=1S/C18H28N4O4S/c1-4-21(27(25,26)22-11-5-6-14(2)12-22)13-18(24)20-17-9-7-16(8-10-17)19-15(3)23/h7-10,14H,4-6,11-13H2,1-3H3,(H,19,23)(H,20,24). The molecule has 0 bridgehead atoms. The molecule has 1 aliphatic heterocycles. The fourth-order valence-corrected chi connectivity index (χ4v) is 4.81. The summed E-state index contributed by atoms with van der Waals surface area (Å²) in [5, 5.41) is 5.34. The summed E-state index contributed by atoms with van der Waals surface area (Å²) in [4.78, 5) is 23.4. The average molecular weight is 397 g/mol. The van der Waals surface area contributed by atoms with Gasteiger partial charge in [-0.1, -0.05) is 13.8 Å². The number of nitrogens with one attached hydrogen (secondary N) is 2. The number of likely N-dealkylation sites (N-methyl/N-ethyl adjacent to an activating group) is 1. The van der Waals surface area contributed by atoms with Gasteiger partial charge in [-0.2, -0.15) is 17.0 Å². The van der Waals surface area contributed by atoms with E-state index in [4.69, 9.17) is 0 Å². The number of amides is 2. The summed E-state index contributed by atoms with van der Waals surface area (Å²) in [6.45, 7) is 6.15. The van der Waals surface area contributed by atoms with E-state index in [1.165, 1.54) is 15.5 Å².